The molecule has 1 unspecified atom stereocenters. The van der Waals surface area contributed by atoms with Gasteiger partial charge in [-0.25, -0.2) is 8.42 Å². The van der Waals surface area contributed by atoms with Gasteiger partial charge in [0.05, 0.1) is 4.90 Å². The Balaban J connectivity index is 0.00000242. The minimum Gasteiger partial charge on any atom is -0.406 e. The van der Waals surface area contributed by atoms with E-state index in [4.69, 9.17) is 5.73 Å². The third-order valence-corrected chi connectivity index (χ3v) is 5.16. The summed E-state index contributed by atoms with van der Waals surface area (Å²) >= 11 is 0. The maximum absolute atomic E-state index is 12.3. The minimum atomic E-state index is -4.80. The molecule has 22 heavy (non-hydrogen) atoms. The predicted octanol–water partition coefficient (Wildman–Crippen LogP) is 1.98. The van der Waals surface area contributed by atoms with Crippen LogP contribution in [-0.4, -0.2) is 38.7 Å². The fourth-order valence-electron chi connectivity index (χ4n) is 2.17. The third kappa shape index (κ3) is 4.48. The van der Waals surface area contributed by atoms with Gasteiger partial charge >= 0.3 is 6.36 Å². The van der Waals surface area contributed by atoms with Crippen LogP contribution in [0, 0.1) is 5.92 Å². The summed E-state index contributed by atoms with van der Waals surface area (Å²) in [4.78, 5) is -0.0605. The SMILES string of the molecule is Cl.NCC1CCN(S(=O)(=O)c2ccc(OC(F)(F)F)cc2)C1. The van der Waals surface area contributed by atoms with Crippen LogP contribution in [0.15, 0.2) is 29.2 Å². The maximum Gasteiger partial charge on any atom is 0.573 e. The number of halogens is 4. The van der Waals surface area contributed by atoms with E-state index < -0.39 is 22.1 Å². The molecule has 0 amide bonds. The van der Waals surface area contributed by atoms with E-state index in [0.29, 0.717) is 26.1 Å². The monoisotopic (exact) mass is 360 g/mol. The van der Waals surface area contributed by atoms with Gasteiger partial charge in [0.25, 0.3) is 0 Å². The Hall–Kier alpha value is -1.03. The molecule has 0 bridgehead atoms. The zero-order chi connectivity index (χ0) is 15.7. The molecular formula is C12H16ClF3N2O3S. The van der Waals surface area contributed by atoms with E-state index in [9.17, 15) is 21.6 Å². The van der Waals surface area contributed by atoms with Crippen LogP contribution in [0.3, 0.4) is 0 Å². The number of hydrogen-bond donors (Lipinski definition) is 1. The molecule has 2 rings (SSSR count). The van der Waals surface area contributed by atoms with E-state index >= 15 is 0 Å². The predicted molar refractivity (Wildman–Crippen MR) is 76.3 cm³/mol. The fraction of sp³-hybridized carbons (Fsp3) is 0.500. The molecule has 1 aliphatic rings. The summed E-state index contributed by atoms with van der Waals surface area (Å²) in [6, 6.07) is 4.17. The van der Waals surface area contributed by atoms with Crippen molar-refractivity contribution in [1.29, 1.82) is 0 Å². The van der Waals surface area contributed by atoms with Gasteiger partial charge in [0.2, 0.25) is 10.0 Å². The molecule has 0 aromatic heterocycles. The Morgan fingerprint density at radius 2 is 1.86 bits per heavy atom. The van der Waals surface area contributed by atoms with Gasteiger partial charge in [0.15, 0.2) is 0 Å². The average Bonchev–Trinajstić information content (AvgIpc) is 2.87. The maximum atomic E-state index is 12.3. The highest BCUT2D eigenvalue weighted by Crippen LogP contribution is 2.27. The summed E-state index contributed by atoms with van der Waals surface area (Å²) in [5, 5.41) is 0. The highest BCUT2D eigenvalue weighted by atomic mass is 35.5. The molecule has 2 N–H and O–H groups in total. The lowest BCUT2D eigenvalue weighted by molar-refractivity contribution is -0.274. The van der Waals surface area contributed by atoms with Gasteiger partial charge in [-0.1, -0.05) is 0 Å². The van der Waals surface area contributed by atoms with E-state index in [1.54, 1.807) is 0 Å². The van der Waals surface area contributed by atoms with E-state index in [-0.39, 0.29) is 23.2 Å². The van der Waals surface area contributed by atoms with E-state index in [0.717, 1.165) is 24.3 Å². The number of hydrogen-bond acceptors (Lipinski definition) is 4. The molecule has 0 saturated carbocycles. The lowest BCUT2D eigenvalue weighted by atomic mass is 10.1. The van der Waals surface area contributed by atoms with Crippen molar-refractivity contribution < 1.29 is 26.3 Å². The minimum absolute atomic E-state index is 0. The molecule has 1 aromatic carbocycles. The van der Waals surface area contributed by atoms with Gasteiger partial charge in [-0.05, 0) is 43.1 Å². The lowest BCUT2D eigenvalue weighted by Gasteiger charge is -2.16. The molecule has 1 aliphatic heterocycles. The first-order valence-corrected chi connectivity index (χ1v) is 7.72. The molecule has 1 saturated heterocycles. The van der Waals surface area contributed by atoms with Gasteiger partial charge in [0, 0.05) is 13.1 Å². The summed E-state index contributed by atoms with van der Waals surface area (Å²) in [6.45, 7) is 1.11. The van der Waals surface area contributed by atoms with Crippen molar-refractivity contribution in [3.63, 3.8) is 0 Å². The van der Waals surface area contributed by atoms with Crippen LogP contribution in [0.4, 0.5) is 13.2 Å². The first-order valence-electron chi connectivity index (χ1n) is 6.28. The van der Waals surface area contributed by atoms with Gasteiger partial charge < -0.3 is 10.5 Å². The van der Waals surface area contributed by atoms with Crippen LogP contribution in [0.2, 0.25) is 0 Å². The highest BCUT2D eigenvalue weighted by molar-refractivity contribution is 7.89. The number of nitrogens with zero attached hydrogens (tertiary/aromatic N) is 1. The van der Waals surface area contributed by atoms with Crippen LogP contribution in [0.5, 0.6) is 5.75 Å². The molecule has 10 heteroatoms. The van der Waals surface area contributed by atoms with E-state index in [1.807, 2.05) is 0 Å². The Labute approximate surface area is 132 Å². The van der Waals surface area contributed by atoms with Crippen molar-refractivity contribution in [2.45, 2.75) is 17.7 Å². The van der Waals surface area contributed by atoms with Crippen molar-refractivity contribution in [2.75, 3.05) is 19.6 Å². The third-order valence-electron chi connectivity index (χ3n) is 3.28. The van der Waals surface area contributed by atoms with Crippen molar-refractivity contribution in [1.82, 2.24) is 4.31 Å². The first-order chi connectivity index (χ1) is 9.72. The Morgan fingerprint density at radius 1 is 1.27 bits per heavy atom. The zero-order valence-corrected chi connectivity index (χ0v) is 13.0. The summed E-state index contributed by atoms with van der Waals surface area (Å²) in [5.41, 5.74) is 5.51. The van der Waals surface area contributed by atoms with Crippen molar-refractivity contribution in [3.8, 4) is 5.75 Å². The second kappa shape index (κ2) is 7.03. The number of alkyl halides is 3. The molecule has 1 heterocycles. The van der Waals surface area contributed by atoms with Crippen molar-refractivity contribution in [3.05, 3.63) is 24.3 Å². The topological polar surface area (TPSA) is 72.6 Å². The Bertz CT molecular complexity index is 593. The molecule has 126 valence electrons. The van der Waals surface area contributed by atoms with Crippen molar-refractivity contribution in [2.24, 2.45) is 11.7 Å². The van der Waals surface area contributed by atoms with Gasteiger partial charge in [-0.2, -0.15) is 4.31 Å². The Morgan fingerprint density at radius 3 is 2.32 bits per heavy atom. The van der Waals surface area contributed by atoms with Crippen LogP contribution >= 0.6 is 12.4 Å². The molecule has 0 aliphatic carbocycles. The molecule has 0 spiro atoms. The highest BCUT2D eigenvalue weighted by Gasteiger charge is 2.33. The van der Waals surface area contributed by atoms with Crippen LogP contribution in [0.25, 0.3) is 0 Å². The molecule has 0 radical (unpaired) electrons. The number of rotatable bonds is 4. The van der Waals surface area contributed by atoms with Gasteiger partial charge in [0.1, 0.15) is 5.75 Å². The second-order valence-corrected chi connectivity index (χ2v) is 6.71. The quantitative estimate of drug-likeness (QED) is 0.891. The average molecular weight is 361 g/mol. The molecule has 5 nitrogen and oxygen atoms in total. The van der Waals surface area contributed by atoms with Crippen LogP contribution in [-0.2, 0) is 10.0 Å². The van der Waals surface area contributed by atoms with Crippen LogP contribution in [0.1, 0.15) is 6.42 Å². The van der Waals surface area contributed by atoms with Crippen molar-refractivity contribution >= 4 is 22.4 Å². The number of sulfonamides is 1. The van der Waals surface area contributed by atoms with Gasteiger partial charge in [-0.15, -0.1) is 25.6 Å². The molecule has 1 aromatic rings. The standard InChI is InChI=1S/C12H15F3N2O3S.ClH/c13-12(14,15)20-10-1-3-11(4-2-10)21(18,19)17-6-5-9(7-16)8-17;/h1-4,9H,5-8,16H2;1H. The molecule has 1 fully saturated rings. The Kier molecular flexibility index (Phi) is 6.08. The number of ether oxygens (including phenoxy) is 1. The number of benzene rings is 1. The van der Waals surface area contributed by atoms with Gasteiger partial charge in [-0.3, -0.25) is 0 Å². The smallest absolute Gasteiger partial charge is 0.406 e. The summed E-state index contributed by atoms with van der Waals surface area (Å²) < 4.78 is 65.8. The molecular weight excluding hydrogens is 345 g/mol. The van der Waals surface area contributed by atoms with E-state index in [2.05, 4.69) is 4.74 Å². The van der Waals surface area contributed by atoms with E-state index in [1.165, 1.54) is 4.31 Å². The second-order valence-electron chi connectivity index (χ2n) is 4.77. The summed E-state index contributed by atoms with van der Waals surface area (Å²) in [6.07, 6.45) is -4.12. The first kappa shape index (κ1) is 19.0. The van der Waals surface area contributed by atoms with Crippen LogP contribution < -0.4 is 10.5 Å². The fourth-order valence-corrected chi connectivity index (χ4v) is 3.70. The largest absolute Gasteiger partial charge is 0.573 e. The molecule has 1 atom stereocenters. The zero-order valence-electron chi connectivity index (χ0n) is 11.4. The number of nitrogens with two attached hydrogens (primary N) is 1. The summed E-state index contributed by atoms with van der Waals surface area (Å²) in [7, 11) is -3.70. The normalized spacial score (nSPS) is 19.7. The lowest BCUT2D eigenvalue weighted by Crippen LogP contribution is -2.30. The summed E-state index contributed by atoms with van der Waals surface area (Å²) in [5.74, 6) is -0.338.